The third-order valence-corrected chi connectivity index (χ3v) is 3.49. The van der Waals surface area contributed by atoms with Crippen LogP contribution in [0.1, 0.15) is 5.56 Å². The van der Waals surface area contributed by atoms with E-state index in [9.17, 15) is 0 Å². The van der Waals surface area contributed by atoms with E-state index in [2.05, 4.69) is 4.97 Å². The second-order valence-corrected chi connectivity index (χ2v) is 6.43. The van der Waals surface area contributed by atoms with Crippen LogP contribution in [-0.2, 0) is 0 Å². The van der Waals surface area contributed by atoms with Gasteiger partial charge in [-0.15, -0.1) is 10.2 Å². The Kier molecular flexibility index (Phi) is 9.65. The number of benzene rings is 1. The zero-order valence-corrected chi connectivity index (χ0v) is 14.7. The second-order valence-electron chi connectivity index (χ2n) is 3.94. The van der Waals surface area contributed by atoms with Crippen molar-refractivity contribution in [3.63, 3.8) is 0 Å². The summed E-state index contributed by atoms with van der Waals surface area (Å²) in [6.07, 6.45) is 3.95. The van der Waals surface area contributed by atoms with Crippen molar-refractivity contribution in [1.29, 1.82) is 5.26 Å². The van der Waals surface area contributed by atoms with Crippen LogP contribution in [-0.4, -0.2) is 47.0 Å². The van der Waals surface area contributed by atoms with Crippen molar-refractivity contribution in [3.8, 4) is 10.7 Å². The molecule has 0 aliphatic heterocycles. The van der Waals surface area contributed by atoms with Gasteiger partial charge in [0.1, 0.15) is 0 Å². The Labute approximate surface area is 137 Å². The molecule has 0 aliphatic rings. The molecule has 22 heavy (non-hydrogen) atoms. The third kappa shape index (κ3) is 11.3. The minimum Gasteiger partial charge on any atom is -0.222 e. The number of hydrogen-bond donors (Lipinski definition) is 0. The Morgan fingerprint density at radius 3 is 2.09 bits per heavy atom. The average Bonchev–Trinajstić information content (AvgIpc) is 2.41. The molecule has 0 aliphatic carbocycles. The van der Waals surface area contributed by atoms with Gasteiger partial charge < -0.3 is 0 Å². The van der Waals surface area contributed by atoms with Gasteiger partial charge in [-0.1, -0.05) is 0 Å². The number of allylic oxidation sites excluding steroid dienone is 1. The van der Waals surface area contributed by atoms with Crippen LogP contribution in [0, 0.1) is 20.5 Å². The normalized spacial score (nSPS) is 10.9. The van der Waals surface area contributed by atoms with Crippen molar-refractivity contribution < 1.29 is 38.2 Å². The second kappa shape index (κ2) is 10.3. The summed E-state index contributed by atoms with van der Waals surface area (Å²) in [4.78, 5) is 2.24. The van der Waals surface area contributed by atoms with Crippen LogP contribution in [0.25, 0.3) is 4.47 Å². The van der Waals surface area contributed by atoms with E-state index in [0.717, 1.165) is 15.8 Å². The number of ether oxygens (including phenoxy) is 1. The Bertz CT molecular complexity index is 551. The first-order chi connectivity index (χ1) is 10.2. The van der Waals surface area contributed by atoms with Crippen molar-refractivity contribution >= 4 is 25.6 Å². The summed E-state index contributed by atoms with van der Waals surface area (Å²) in [6.45, 7) is 0. The maximum atomic E-state index is 8.85. The largest absolute Gasteiger partial charge is 0.222 e. The van der Waals surface area contributed by atoms with E-state index < -0.39 is 10.2 Å². The number of hydrogen-bond acceptors (Lipinski definition) is 6. The molecule has 1 rings (SSSR count). The van der Waals surface area contributed by atoms with Gasteiger partial charge in [0.05, 0.1) is 0 Å². The average molecular weight is 394 g/mol. The van der Waals surface area contributed by atoms with Crippen molar-refractivity contribution in [3.05, 3.63) is 35.9 Å². The molecule has 0 aromatic heterocycles. The van der Waals surface area contributed by atoms with E-state index in [-0.39, 0.29) is 15.0 Å². The van der Waals surface area contributed by atoms with Crippen LogP contribution in [0.2, 0.25) is 0 Å². The number of rotatable bonds is 4. The molecule has 0 fully saturated rings. The van der Waals surface area contributed by atoms with Crippen LogP contribution in [0.5, 0.6) is 5.75 Å². The quantitative estimate of drug-likeness (QED) is 0.301. The summed E-state index contributed by atoms with van der Waals surface area (Å²) in [5.74, 6) is 0.828. The molecular formula is C13H15ClN2O5Se. The van der Waals surface area contributed by atoms with Gasteiger partial charge in [0.2, 0.25) is 0 Å². The Morgan fingerprint density at radius 1 is 1.23 bits per heavy atom. The van der Waals surface area contributed by atoms with Gasteiger partial charge in [-0.2, -0.15) is 0 Å². The summed E-state index contributed by atoms with van der Waals surface area (Å²) in [7, 11) is 0.619. The summed E-state index contributed by atoms with van der Waals surface area (Å²) < 4.78 is 42.1. The molecule has 0 radical (unpaired) electrons. The van der Waals surface area contributed by atoms with E-state index in [1.54, 1.807) is 7.11 Å². The van der Waals surface area contributed by atoms with Gasteiger partial charge in [0, 0.05) is 0 Å². The summed E-state index contributed by atoms with van der Waals surface area (Å²) in [6, 6.07) is 7.78. The van der Waals surface area contributed by atoms with Crippen LogP contribution in [0.4, 0.5) is 0 Å². The molecule has 0 spiro atoms. The van der Waals surface area contributed by atoms with Crippen LogP contribution >= 0.6 is 0 Å². The monoisotopic (exact) mass is 394 g/mol. The van der Waals surface area contributed by atoms with Crippen LogP contribution < -0.4 is 23.4 Å². The first-order valence-electron chi connectivity index (χ1n) is 5.71. The molecule has 9 heteroatoms. The molecule has 120 valence electrons. The molecule has 1 aromatic rings. The number of nitriles is 1. The molecule has 0 atom stereocenters. The zero-order valence-electron chi connectivity index (χ0n) is 12.2. The molecule has 0 amide bonds. The molecule has 7 nitrogen and oxygen atoms in total. The van der Waals surface area contributed by atoms with E-state index in [0.29, 0.717) is 0 Å². The van der Waals surface area contributed by atoms with Gasteiger partial charge in [0.25, 0.3) is 0 Å². The minimum absolute atomic E-state index is 0.166. The van der Waals surface area contributed by atoms with E-state index in [4.69, 9.17) is 28.6 Å². The predicted octanol–water partition coefficient (Wildman–Crippen LogP) is -3.19. The smallest absolute Gasteiger partial charge is 0.112 e. The molecule has 1 aromatic carbocycles. The zero-order chi connectivity index (χ0) is 17.2. The van der Waals surface area contributed by atoms with Crippen LogP contribution in [0.15, 0.2) is 30.3 Å². The van der Waals surface area contributed by atoms with E-state index >= 15 is 0 Å². The summed E-state index contributed by atoms with van der Waals surface area (Å²) in [5, 5.41) is 8.85. The third-order valence-electron chi connectivity index (χ3n) is 2.05. The van der Waals surface area contributed by atoms with Crippen molar-refractivity contribution in [2.24, 2.45) is 0 Å². The molecule has 0 bridgehead atoms. The standard InChI is InChI=1S/C13H15N2OSe.ClHO4/c1-15(2)9-8-13(17-10-14)11-4-6-12(16-3)7-5-11;2-1(3,4)5/h4-9H,1-3H3;(H,2,3,4,5)/q+1;/p-1/b13-8-;. The molecule has 0 heterocycles. The van der Waals surface area contributed by atoms with E-state index in [1.807, 2.05) is 55.2 Å². The number of methoxy groups -OCH3 is 1. The van der Waals surface area contributed by atoms with Gasteiger partial charge in [-0.25, -0.2) is 18.6 Å². The Hall–Kier alpha value is -1.43. The molecule has 0 saturated heterocycles. The van der Waals surface area contributed by atoms with Crippen molar-refractivity contribution in [2.75, 3.05) is 21.2 Å². The SMILES string of the molecule is COc1ccc(/C(=C/C=[N+](C)C)[Se]C#N)cc1.[O-][Cl+3]([O-])([O-])[O-]. The first kappa shape index (κ1) is 20.6. The van der Waals surface area contributed by atoms with Gasteiger partial charge in [0.15, 0.2) is 0 Å². The first-order valence-corrected chi connectivity index (χ1v) is 8.65. The van der Waals surface area contributed by atoms with E-state index in [1.165, 1.54) is 0 Å². The fourth-order valence-corrected chi connectivity index (χ4v) is 2.22. The van der Waals surface area contributed by atoms with Crippen LogP contribution in [0.3, 0.4) is 0 Å². The Balaban J connectivity index is 0.000000763. The predicted molar refractivity (Wildman–Crippen MR) is 70.5 cm³/mol. The summed E-state index contributed by atoms with van der Waals surface area (Å²) >= 11 is -0.166. The fourth-order valence-electron chi connectivity index (χ4n) is 1.21. The molecular weight excluding hydrogens is 379 g/mol. The van der Waals surface area contributed by atoms with Gasteiger partial charge >= 0.3 is 108 Å². The summed E-state index contributed by atoms with van der Waals surface area (Å²) in [5.41, 5.74) is 1.07. The van der Waals surface area contributed by atoms with Crippen molar-refractivity contribution in [1.82, 2.24) is 0 Å². The van der Waals surface area contributed by atoms with Crippen molar-refractivity contribution in [2.45, 2.75) is 0 Å². The van der Waals surface area contributed by atoms with Gasteiger partial charge in [-0.3, -0.25) is 0 Å². The van der Waals surface area contributed by atoms with Gasteiger partial charge in [-0.05, 0) is 0 Å². The molecule has 0 N–H and O–H groups in total. The number of halogens is 1. The maximum absolute atomic E-state index is 8.85. The topological polar surface area (TPSA) is 128 Å². The Morgan fingerprint density at radius 2 is 1.73 bits per heavy atom. The molecule has 0 saturated carbocycles. The molecule has 0 unspecified atom stereocenters. The fraction of sp³-hybridized carbons (Fsp3) is 0.231. The minimum atomic E-state index is -4.94. The maximum Gasteiger partial charge on any atom is -0.112 e. The number of nitrogens with zero attached hydrogens (tertiary/aromatic N) is 2.